The van der Waals surface area contributed by atoms with Crippen molar-refractivity contribution in [1.29, 1.82) is 0 Å². The summed E-state index contributed by atoms with van der Waals surface area (Å²) in [4.78, 5) is 0. The van der Waals surface area contributed by atoms with Gasteiger partial charge in [0.05, 0.1) is 11.9 Å². The Bertz CT molecular complexity index is 267. The van der Waals surface area contributed by atoms with Crippen LogP contribution in [0.4, 0.5) is 0 Å². The van der Waals surface area contributed by atoms with E-state index >= 15 is 0 Å². The fourth-order valence-corrected chi connectivity index (χ4v) is 1.48. The molecule has 1 atom stereocenters. The van der Waals surface area contributed by atoms with E-state index in [1.165, 1.54) is 5.69 Å². The molecule has 1 unspecified atom stereocenters. The summed E-state index contributed by atoms with van der Waals surface area (Å²) in [5.41, 5.74) is 1.20. The topological polar surface area (TPSA) is 42.7 Å². The van der Waals surface area contributed by atoms with Gasteiger partial charge >= 0.3 is 0 Å². The molecule has 0 aliphatic heterocycles. The summed E-state index contributed by atoms with van der Waals surface area (Å²) < 4.78 is 1.85. The van der Waals surface area contributed by atoms with Crippen molar-refractivity contribution in [3.63, 3.8) is 0 Å². The lowest BCUT2D eigenvalue weighted by Crippen LogP contribution is -2.24. The van der Waals surface area contributed by atoms with Crippen molar-refractivity contribution < 1.29 is 0 Å². The molecule has 0 aliphatic carbocycles. The maximum absolute atomic E-state index is 3.93. The molecule has 0 saturated carbocycles. The highest BCUT2D eigenvalue weighted by Gasteiger charge is 2.09. The molecule has 0 amide bonds. The quantitative estimate of drug-likeness (QED) is 0.772. The molecule has 0 aromatic carbocycles. The number of aryl methyl sites for hydroxylation is 1. The SMILES string of the molecule is CC(C)NCCC(C)c1cnnn1C. The van der Waals surface area contributed by atoms with Crippen LogP contribution < -0.4 is 5.32 Å². The molecule has 0 bridgehead atoms. The largest absolute Gasteiger partial charge is 0.315 e. The van der Waals surface area contributed by atoms with Crippen LogP contribution in [0.25, 0.3) is 0 Å². The minimum Gasteiger partial charge on any atom is -0.315 e. The van der Waals surface area contributed by atoms with Crippen LogP contribution in [-0.2, 0) is 7.05 Å². The molecule has 1 N–H and O–H groups in total. The number of hydrogen-bond acceptors (Lipinski definition) is 3. The first-order valence-electron chi connectivity index (χ1n) is 5.19. The van der Waals surface area contributed by atoms with E-state index in [2.05, 4.69) is 36.4 Å². The van der Waals surface area contributed by atoms with Crippen molar-refractivity contribution in [1.82, 2.24) is 20.3 Å². The van der Waals surface area contributed by atoms with Gasteiger partial charge in [0.25, 0.3) is 0 Å². The molecule has 0 aliphatic rings. The molecule has 1 rings (SSSR count). The first kappa shape index (κ1) is 11.2. The molecule has 0 saturated heterocycles. The predicted octanol–water partition coefficient (Wildman–Crippen LogP) is 1.31. The van der Waals surface area contributed by atoms with Gasteiger partial charge in [-0.05, 0) is 13.0 Å². The summed E-state index contributed by atoms with van der Waals surface area (Å²) in [6.07, 6.45) is 2.97. The molecular weight excluding hydrogens is 176 g/mol. The van der Waals surface area contributed by atoms with Gasteiger partial charge in [-0.15, -0.1) is 5.10 Å². The zero-order chi connectivity index (χ0) is 10.6. The lowest BCUT2D eigenvalue weighted by Gasteiger charge is -2.13. The minimum atomic E-state index is 0.515. The first-order chi connectivity index (χ1) is 6.61. The second kappa shape index (κ2) is 5.10. The molecule has 14 heavy (non-hydrogen) atoms. The number of rotatable bonds is 5. The van der Waals surface area contributed by atoms with E-state index in [1.54, 1.807) is 0 Å². The number of aromatic nitrogens is 3. The van der Waals surface area contributed by atoms with Gasteiger partial charge in [-0.25, -0.2) is 0 Å². The monoisotopic (exact) mass is 196 g/mol. The van der Waals surface area contributed by atoms with Crippen molar-refractivity contribution in [3.8, 4) is 0 Å². The lowest BCUT2D eigenvalue weighted by atomic mass is 10.0. The number of nitrogens with zero attached hydrogens (tertiary/aromatic N) is 3. The smallest absolute Gasteiger partial charge is 0.0727 e. The Morgan fingerprint density at radius 1 is 1.43 bits per heavy atom. The summed E-state index contributed by atoms with van der Waals surface area (Å²) in [6, 6.07) is 0.562. The van der Waals surface area contributed by atoms with Crippen molar-refractivity contribution >= 4 is 0 Å². The van der Waals surface area contributed by atoms with Gasteiger partial charge in [-0.3, -0.25) is 4.68 Å². The fourth-order valence-electron chi connectivity index (χ4n) is 1.48. The van der Waals surface area contributed by atoms with Gasteiger partial charge in [-0.2, -0.15) is 0 Å². The zero-order valence-electron chi connectivity index (χ0n) is 9.49. The molecule has 4 nitrogen and oxygen atoms in total. The summed E-state index contributed by atoms with van der Waals surface area (Å²) in [5.74, 6) is 0.515. The van der Waals surface area contributed by atoms with E-state index in [4.69, 9.17) is 0 Å². The maximum Gasteiger partial charge on any atom is 0.0727 e. The molecule has 1 aromatic heterocycles. The normalized spacial score (nSPS) is 13.5. The molecule has 4 heteroatoms. The Morgan fingerprint density at radius 3 is 2.64 bits per heavy atom. The van der Waals surface area contributed by atoms with Crippen molar-refractivity contribution in [2.75, 3.05) is 6.54 Å². The Hall–Kier alpha value is -0.900. The molecule has 0 fully saturated rings. The van der Waals surface area contributed by atoms with Gasteiger partial charge in [0.15, 0.2) is 0 Å². The maximum atomic E-state index is 3.93. The van der Waals surface area contributed by atoms with E-state index in [9.17, 15) is 0 Å². The highest BCUT2D eigenvalue weighted by atomic mass is 15.4. The molecule has 1 aromatic rings. The zero-order valence-corrected chi connectivity index (χ0v) is 9.49. The molecule has 0 spiro atoms. The van der Waals surface area contributed by atoms with Crippen LogP contribution in [0.15, 0.2) is 6.20 Å². The van der Waals surface area contributed by atoms with E-state index in [-0.39, 0.29) is 0 Å². The second-order valence-electron chi connectivity index (χ2n) is 4.08. The molecular formula is C10H20N4. The third-order valence-electron chi connectivity index (χ3n) is 2.38. The second-order valence-corrected chi connectivity index (χ2v) is 4.08. The lowest BCUT2D eigenvalue weighted by molar-refractivity contribution is 0.522. The predicted molar refractivity (Wildman–Crippen MR) is 57.2 cm³/mol. The van der Waals surface area contributed by atoms with E-state index in [0.717, 1.165) is 13.0 Å². The summed E-state index contributed by atoms with van der Waals surface area (Å²) >= 11 is 0. The third kappa shape index (κ3) is 3.10. The Morgan fingerprint density at radius 2 is 2.14 bits per heavy atom. The average Bonchev–Trinajstić information content (AvgIpc) is 2.50. The van der Waals surface area contributed by atoms with Crippen molar-refractivity contribution in [2.45, 2.75) is 39.2 Å². The van der Waals surface area contributed by atoms with Crippen LogP contribution in [0.3, 0.4) is 0 Å². The van der Waals surface area contributed by atoms with Crippen molar-refractivity contribution in [3.05, 3.63) is 11.9 Å². The Labute approximate surface area is 85.7 Å². The van der Waals surface area contributed by atoms with Crippen LogP contribution in [0.1, 0.15) is 38.8 Å². The molecule has 1 heterocycles. The summed E-state index contributed by atoms with van der Waals surface area (Å²) in [6.45, 7) is 7.58. The van der Waals surface area contributed by atoms with E-state index in [1.807, 2.05) is 17.9 Å². The van der Waals surface area contributed by atoms with Crippen molar-refractivity contribution in [2.24, 2.45) is 7.05 Å². The van der Waals surface area contributed by atoms with Gasteiger partial charge in [0.2, 0.25) is 0 Å². The van der Waals surface area contributed by atoms with Gasteiger partial charge in [0.1, 0.15) is 0 Å². The van der Waals surface area contributed by atoms with Crippen LogP contribution >= 0.6 is 0 Å². The molecule has 0 radical (unpaired) electrons. The standard InChI is InChI=1S/C10H20N4/c1-8(2)11-6-5-9(3)10-7-12-13-14(10)4/h7-9,11H,5-6H2,1-4H3. The highest BCUT2D eigenvalue weighted by molar-refractivity contribution is 5.00. The Kier molecular flexibility index (Phi) is 4.07. The summed E-state index contributed by atoms with van der Waals surface area (Å²) in [5, 5.41) is 11.2. The number of hydrogen-bond donors (Lipinski definition) is 1. The van der Waals surface area contributed by atoms with Crippen LogP contribution in [0, 0.1) is 0 Å². The van der Waals surface area contributed by atoms with E-state index < -0.39 is 0 Å². The Balaban J connectivity index is 2.36. The van der Waals surface area contributed by atoms with Crippen LogP contribution in [0.5, 0.6) is 0 Å². The van der Waals surface area contributed by atoms with E-state index in [0.29, 0.717) is 12.0 Å². The van der Waals surface area contributed by atoms with Gasteiger partial charge in [0, 0.05) is 19.0 Å². The number of nitrogens with one attached hydrogen (secondary N) is 1. The third-order valence-corrected chi connectivity index (χ3v) is 2.38. The first-order valence-corrected chi connectivity index (χ1v) is 5.19. The summed E-state index contributed by atoms with van der Waals surface area (Å²) in [7, 11) is 1.94. The van der Waals surface area contributed by atoms with Crippen LogP contribution in [-0.4, -0.2) is 27.6 Å². The average molecular weight is 196 g/mol. The van der Waals surface area contributed by atoms with Gasteiger partial charge in [-0.1, -0.05) is 26.0 Å². The highest BCUT2D eigenvalue weighted by Crippen LogP contribution is 2.15. The minimum absolute atomic E-state index is 0.515. The molecule has 80 valence electrons. The van der Waals surface area contributed by atoms with Crippen LogP contribution in [0.2, 0.25) is 0 Å². The van der Waals surface area contributed by atoms with Gasteiger partial charge < -0.3 is 5.32 Å². The fraction of sp³-hybridized carbons (Fsp3) is 0.800.